The molecule has 2 aromatic carbocycles. The van der Waals surface area contributed by atoms with Gasteiger partial charge in [-0.15, -0.1) is 0 Å². The van der Waals surface area contributed by atoms with E-state index in [1.54, 1.807) is 18.2 Å². The summed E-state index contributed by atoms with van der Waals surface area (Å²) in [5.41, 5.74) is -3.41. The minimum absolute atomic E-state index is 0.211. The number of aryl methyl sites for hydroxylation is 1. The molecule has 0 saturated heterocycles. The van der Waals surface area contributed by atoms with Crippen molar-refractivity contribution in [3.63, 3.8) is 0 Å². The van der Waals surface area contributed by atoms with Gasteiger partial charge in [0.2, 0.25) is 5.43 Å². The van der Waals surface area contributed by atoms with Crippen LogP contribution >= 0.6 is 23.2 Å². The molecule has 0 unspecified atom stereocenters. The summed E-state index contributed by atoms with van der Waals surface area (Å²) in [4.78, 5) is 24.8. The van der Waals surface area contributed by atoms with Gasteiger partial charge in [-0.05, 0) is 30.3 Å². The van der Waals surface area contributed by atoms with Crippen LogP contribution in [0.15, 0.2) is 47.3 Å². The molecule has 30 heavy (non-hydrogen) atoms. The SMILES string of the molecule is Cn1nc(-c2cc(C(=O)Nc3cccc(Cl)c3)c(Cl)cc2F)c(=O)cc1C(F)(F)F. The molecular formula is C19H11Cl2F4N3O2. The second kappa shape index (κ2) is 8.08. The fourth-order valence-electron chi connectivity index (χ4n) is 2.66. The van der Waals surface area contributed by atoms with Gasteiger partial charge in [-0.2, -0.15) is 18.3 Å². The monoisotopic (exact) mass is 459 g/mol. The predicted octanol–water partition coefficient (Wildman–Crippen LogP) is 5.16. The van der Waals surface area contributed by atoms with Crippen LogP contribution in [0.25, 0.3) is 11.3 Å². The molecule has 0 atom stereocenters. The van der Waals surface area contributed by atoms with Crippen molar-refractivity contribution in [2.45, 2.75) is 6.18 Å². The molecule has 0 aliphatic carbocycles. The lowest BCUT2D eigenvalue weighted by atomic mass is 10.1. The molecule has 1 aromatic heterocycles. The van der Waals surface area contributed by atoms with Crippen molar-refractivity contribution in [1.29, 1.82) is 0 Å². The normalized spacial score (nSPS) is 11.4. The third kappa shape index (κ3) is 4.47. The van der Waals surface area contributed by atoms with E-state index >= 15 is 0 Å². The topological polar surface area (TPSA) is 64.0 Å². The highest BCUT2D eigenvalue weighted by Gasteiger charge is 2.35. The Bertz CT molecular complexity index is 1210. The summed E-state index contributed by atoms with van der Waals surface area (Å²) in [6, 6.07) is 8.23. The highest BCUT2D eigenvalue weighted by molar-refractivity contribution is 6.34. The maximum absolute atomic E-state index is 14.5. The average molecular weight is 460 g/mol. The average Bonchev–Trinajstić information content (AvgIpc) is 2.62. The molecule has 0 radical (unpaired) electrons. The van der Waals surface area contributed by atoms with Crippen LogP contribution in [-0.2, 0) is 13.2 Å². The zero-order valence-corrected chi connectivity index (χ0v) is 16.5. The Kier molecular flexibility index (Phi) is 5.87. The largest absolute Gasteiger partial charge is 0.433 e. The molecule has 156 valence electrons. The first kappa shape index (κ1) is 21.8. The maximum atomic E-state index is 14.5. The number of hydrogen-bond donors (Lipinski definition) is 1. The zero-order valence-electron chi connectivity index (χ0n) is 15.0. The highest BCUT2D eigenvalue weighted by atomic mass is 35.5. The quantitative estimate of drug-likeness (QED) is 0.549. The van der Waals surface area contributed by atoms with Crippen LogP contribution in [0, 0.1) is 5.82 Å². The number of carbonyl (C=O) groups excluding carboxylic acids is 1. The number of anilines is 1. The number of alkyl halides is 3. The first-order chi connectivity index (χ1) is 14.0. The fraction of sp³-hybridized carbons (Fsp3) is 0.105. The van der Waals surface area contributed by atoms with Crippen LogP contribution < -0.4 is 10.7 Å². The Labute approximate surface area is 176 Å². The van der Waals surface area contributed by atoms with Gasteiger partial charge in [0.05, 0.1) is 10.6 Å². The molecular weight excluding hydrogens is 449 g/mol. The van der Waals surface area contributed by atoms with Gasteiger partial charge >= 0.3 is 6.18 Å². The Morgan fingerprint density at radius 1 is 1.13 bits per heavy atom. The molecule has 0 spiro atoms. The lowest BCUT2D eigenvalue weighted by Gasteiger charge is -2.13. The molecule has 0 fully saturated rings. The van der Waals surface area contributed by atoms with Crippen molar-refractivity contribution < 1.29 is 22.4 Å². The number of rotatable bonds is 3. The van der Waals surface area contributed by atoms with Gasteiger partial charge in [0.25, 0.3) is 5.91 Å². The smallest absolute Gasteiger partial charge is 0.322 e. The van der Waals surface area contributed by atoms with Crippen molar-refractivity contribution in [3.05, 3.63) is 79.8 Å². The highest BCUT2D eigenvalue weighted by Crippen LogP contribution is 2.30. The predicted molar refractivity (Wildman–Crippen MR) is 104 cm³/mol. The van der Waals surface area contributed by atoms with E-state index < -0.39 is 40.3 Å². The fourth-order valence-corrected chi connectivity index (χ4v) is 3.09. The van der Waals surface area contributed by atoms with Crippen LogP contribution in [0.4, 0.5) is 23.2 Å². The Hall–Kier alpha value is -2.91. The first-order valence-electron chi connectivity index (χ1n) is 8.19. The van der Waals surface area contributed by atoms with Gasteiger partial charge in [0.15, 0.2) is 0 Å². The Balaban J connectivity index is 2.07. The molecule has 0 aliphatic rings. The third-order valence-electron chi connectivity index (χ3n) is 4.03. The second-order valence-electron chi connectivity index (χ2n) is 6.14. The Morgan fingerprint density at radius 2 is 1.83 bits per heavy atom. The van der Waals surface area contributed by atoms with Crippen molar-refractivity contribution in [3.8, 4) is 11.3 Å². The van der Waals surface area contributed by atoms with Crippen LogP contribution in [-0.4, -0.2) is 15.7 Å². The van der Waals surface area contributed by atoms with Crippen LogP contribution in [0.5, 0.6) is 0 Å². The van der Waals surface area contributed by atoms with Crippen LogP contribution in [0.3, 0.4) is 0 Å². The van der Waals surface area contributed by atoms with Crippen LogP contribution in [0.1, 0.15) is 16.1 Å². The summed E-state index contributed by atoms with van der Waals surface area (Å²) in [5, 5.41) is 6.15. The molecule has 5 nitrogen and oxygen atoms in total. The summed E-state index contributed by atoms with van der Waals surface area (Å²) >= 11 is 11.8. The van der Waals surface area contributed by atoms with Crippen molar-refractivity contribution in [2.75, 3.05) is 5.32 Å². The number of aromatic nitrogens is 2. The number of hydrogen-bond acceptors (Lipinski definition) is 3. The standard InChI is InChI=1S/C19H11Cl2F4N3O2/c1-28-16(19(23,24)25)8-15(29)17(27-28)12-6-11(13(21)7-14(12)22)18(30)26-10-4-2-3-9(20)5-10/h2-8H,1H3,(H,26,30). The molecule has 1 N–H and O–H groups in total. The molecule has 0 bridgehead atoms. The van der Waals surface area contributed by atoms with E-state index in [4.69, 9.17) is 23.2 Å². The van der Waals surface area contributed by atoms with E-state index in [9.17, 15) is 27.2 Å². The number of nitrogens with one attached hydrogen (secondary N) is 1. The van der Waals surface area contributed by atoms with Crippen molar-refractivity contribution >= 4 is 34.8 Å². The third-order valence-corrected chi connectivity index (χ3v) is 4.58. The minimum atomic E-state index is -4.82. The van der Waals surface area contributed by atoms with Gasteiger partial charge in [0, 0.05) is 29.4 Å². The first-order valence-corrected chi connectivity index (χ1v) is 8.95. The minimum Gasteiger partial charge on any atom is -0.322 e. The van der Waals surface area contributed by atoms with Crippen molar-refractivity contribution in [2.24, 2.45) is 7.05 Å². The molecule has 1 amide bonds. The summed E-state index contributed by atoms with van der Waals surface area (Å²) in [6.07, 6.45) is -4.82. The summed E-state index contributed by atoms with van der Waals surface area (Å²) in [5.74, 6) is -1.77. The van der Waals surface area contributed by atoms with E-state index in [1.807, 2.05) is 0 Å². The number of nitrogens with zero attached hydrogens (tertiary/aromatic N) is 2. The number of carbonyl (C=O) groups is 1. The number of halogens is 6. The summed E-state index contributed by atoms with van der Waals surface area (Å²) in [7, 11) is 0.965. The lowest BCUT2D eigenvalue weighted by molar-refractivity contribution is -0.144. The van der Waals surface area contributed by atoms with E-state index in [0.29, 0.717) is 21.5 Å². The zero-order chi connectivity index (χ0) is 22.2. The van der Waals surface area contributed by atoms with Crippen LogP contribution in [0.2, 0.25) is 10.0 Å². The van der Waals surface area contributed by atoms with E-state index in [1.165, 1.54) is 6.07 Å². The van der Waals surface area contributed by atoms with Gasteiger partial charge in [0.1, 0.15) is 17.2 Å². The lowest BCUT2D eigenvalue weighted by Crippen LogP contribution is -2.23. The second-order valence-corrected chi connectivity index (χ2v) is 6.98. The van der Waals surface area contributed by atoms with E-state index in [2.05, 4.69) is 10.4 Å². The summed E-state index contributed by atoms with van der Waals surface area (Å²) < 4.78 is 53.7. The van der Waals surface area contributed by atoms with Gasteiger partial charge in [-0.25, -0.2) is 4.39 Å². The Morgan fingerprint density at radius 3 is 2.47 bits per heavy atom. The maximum Gasteiger partial charge on any atom is 0.433 e. The molecule has 3 aromatic rings. The number of benzene rings is 2. The van der Waals surface area contributed by atoms with E-state index in [-0.39, 0.29) is 10.6 Å². The molecule has 0 saturated carbocycles. The van der Waals surface area contributed by atoms with Gasteiger partial charge in [-0.3, -0.25) is 14.3 Å². The van der Waals surface area contributed by atoms with Gasteiger partial charge in [-0.1, -0.05) is 29.3 Å². The van der Waals surface area contributed by atoms with Gasteiger partial charge < -0.3 is 5.32 Å². The molecule has 11 heteroatoms. The van der Waals surface area contributed by atoms with Crippen molar-refractivity contribution in [1.82, 2.24) is 9.78 Å². The molecule has 0 aliphatic heterocycles. The van der Waals surface area contributed by atoms with E-state index in [0.717, 1.165) is 19.2 Å². The summed E-state index contributed by atoms with van der Waals surface area (Å²) in [6.45, 7) is 0. The molecule has 1 heterocycles. The number of amides is 1. The molecule has 3 rings (SSSR count).